The van der Waals surface area contributed by atoms with Gasteiger partial charge in [0.15, 0.2) is 5.89 Å². The van der Waals surface area contributed by atoms with Gasteiger partial charge in [-0.2, -0.15) is 0 Å². The van der Waals surface area contributed by atoms with E-state index in [0.29, 0.717) is 11.6 Å². The standard InChI is InChI=1S/C13H21N3O5S/c1-8-12(21-9(2)14-8)13(18)16-5-10(11(17)6-16)7-22(19,20)15(3)4/h10-11,17H,5-7H2,1-4H3/t10-,11-/m0/s1. The molecular formula is C13H21N3O5S. The third-order valence-corrected chi connectivity index (χ3v) is 5.73. The predicted octanol–water partition coefficient (Wildman–Crippen LogP) is -0.384. The Morgan fingerprint density at radius 1 is 1.41 bits per heavy atom. The number of likely N-dealkylation sites (tertiary alicyclic amines) is 1. The third-order valence-electron chi connectivity index (χ3n) is 3.77. The van der Waals surface area contributed by atoms with Gasteiger partial charge in [-0.05, 0) is 6.92 Å². The van der Waals surface area contributed by atoms with Crippen LogP contribution in [0.2, 0.25) is 0 Å². The van der Waals surface area contributed by atoms with Crippen molar-refractivity contribution in [1.29, 1.82) is 0 Å². The van der Waals surface area contributed by atoms with Crippen LogP contribution >= 0.6 is 0 Å². The van der Waals surface area contributed by atoms with Crippen molar-refractivity contribution in [2.45, 2.75) is 20.0 Å². The summed E-state index contributed by atoms with van der Waals surface area (Å²) < 4.78 is 30.2. The molecule has 8 nitrogen and oxygen atoms in total. The van der Waals surface area contributed by atoms with Crippen molar-refractivity contribution in [3.63, 3.8) is 0 Å². The summed E-state index contributed by atoms with van der Waals surface area (Å²) in [4.78, 5) is 17.8. The highest BCUT2D eigenvalue weighted by Crippen LogP contribution is 2.23. The van der Waals surface area contributed by atoms with Gasteiger partial charge in [0.2, 0.25) is 15.8 Å². The number of rotatable bonds is 4. The van der Waals surface area contributed by atoms with Gasteiger partial charge in [-0.1, -0.05) is 0 Å². The minimum absolute atomic E-state index is 0.0889. The Hall–Kier alpha value is -1.45. The monoisotopic (exact) mass is 331 g/mol. The van der Waals surface area contributed by atoms with Gasteiger partial charge < -0.3 is 14.4 Å². The molecule has 1 amide bonds. The predicted molar refractivity (Wildman–Crippen MR) is 78.9 cm³/mol. The van der Waals surface area contributed by atoms with E-state index >= 15 is 0 Å². The molecule has 0 aliphatic carbocycles. The van der Waals surface area contributed by atoms with Gasteiger partial charge in [0.05, 0.1) is 17.6 Å². The van der Waals surface area contributed by atoms with Crippen LogP contribution in [0.5, 0.6) is 0 Å². The number of sulfonamides is 1. The van der Waals surface area contributed by atoms with Crippen LogP contribution in [0, 0.1) is 19.8 Å². The van der Waals surface area contributed by atoms with E-state index in [1.54, 1.807) is 13.8 Å². The second-order valence-corrected chi connectivity index (χ2v) is 7.97. The van der Waals surface area contributed by atoms with Gasteiger partial charge >= 0.3 is 0 Å². The molecule has 1 fully saturated rings. The molecule has 1 saturated heterocycles. The van der Waals surface area contributed by atoms with Gasteiger partial charge in [-0.3, -0.25) is 4.79 Å². The quantitative estimate of drug-likeness (QED) is 0.806. The second-order valence-electron chi connectivity index (χ2n) is 5.75. The maximum Gasteiger partial charge on any atom is 0.291 e. The molecule has 124 valence electrons. The van der Waals surface area contributed by atoms with Gasteiger partial charge in [-0.15, -0.1) is 0 Å². The first kappa shape index (κ1) is 16.9. The molecular weight excluding hydrogens is 310 g/mol. The maximum atomic E-state index is 12.4. The van der Waals surface area contributed by atoms with Gasteiger partial charge in [-0.25, -0.2) is 17.7 Å². The number of oxazole rings is 1. The number of hydrogen-bond donors (Lipinski definition) is 1. The van der Waals surface area contributed by atoms with Crippen LogP contribution in [0.3, 0.4) is 0 Å². The molecule has 0 radical (unpaired) electrons. The lowest BCUT2D eigenvalue weighted by Gasteiger charge is -2.17. The van der Waals surface area contributed by atoms with Crippen LogP contribution < -0.4 is 0 Å². The normalized spacial score (nSPS) is 22.5. The highest BCUT2D eigenvalue weighted by molar-refractivity contribution is 7.89. The summed E-state index contributed by atoms with van der Waals surface area (Å²) >= 11 is 0. The Morgan fingerprint density at radius 2 is 2.05 bits per heavy atom. The average molecular weight is 331 g/mol. The van der Waals surface area contributed by atoms with E-state index in [1.807, 2.05) is 0 Å². The van der Waals surface area contributed by atoms with Crippen molar-refractivity contribution in [2.75, 3.05) is 32.9 Å². The molecule has 0 spiro atoms. The van der Waals surface area contributed by atoms with E-state index in [-0.39, 0.29) is 30.5 Å². The fraction of sp³-hybridized carbons (Fsp3) is 0.692. The number of hydrogen-bond acceptors (Lipinski definition) is 6. The van der Waals surface area contributed by atoms with E-state index in [0.717, 1.165) is 4.31 Å². The molecule has 2 rings (SSSR count). The molecule has 1 aromatic rings. The van der Waals surface area contributed by atoms with Crippen molar-refractivity contribution in [3.8, 4) is 0 Å². The third kappa shape index (κ3) is 3.31. The van der Waals surface area contributed by atoms with Gasteiger partial charge in [0, 0.05) is 40.0 Å². The highest BCUT2D eigenvalue weighted by Gasteiger charge is 2.38. The van der Waals surface area contributed by atoms with Crippen molar-refractivity contribution >= 4 is 15.9 Å². The number of aliphatic hydroxyl groups excluding tert-OH is 1. The molecule has 1 N–H and O–H groups in total. The van der Waals surface area contributed by atoms with Crippen LogP contribution in [0.4, 0.5) is 0 Å². The number of carbonyl (C=O) groups excluding carboxylic acids is 1. The molecule has 0 unspecified atom stereocenters. The fourth-order valence-corrected chi connectivity index (χ4v) is 3.64. The van der Waals surface area contributed by atoms with Crippen LogP contribution in [0.1, 0.15) is 22.1 Å². The Morgan fingerprint density at radius 3 is 2.55 bits per heavy atom. The topological polar surface area (TPSA) is 104 Å². The number of aryl methyl sites for hydroxylation is 2. The fourth-order valence-electron chi connectivity index (χ4n) is 2.48. The summed E-state index contributed by atoms with van der Waals surface area (Å²) in [6, 6.07) is 0. The minimum Gasteiger partial charge on any atom is -0.436 e. The molecule has 2 heterocycles. The van der Waals surface area contributed by atoms with Crippen LogP contribution in [-0.4, -0.2) is 72.7 Å². The van der Waals surface area contributed by atoms with Crippen molar-refractivity contribution in [1.82, 2.24) is 14.2 Å². The van der Waals surface area contributed by atoms with Crippen molar-refractivity contribution in [2.24, 2.45) is 5.92 Å². The Bertz CT molecular complexity index is 667. The maximum absolute atomic E-state index is 12.4. The molecule has 2 atom stereocenters. The van der Waals surface area contributed by atoms with E-state index in [1.165, 1.54) is 19.0 Å². The molecule has 22 heavy (non-hydrogen) atoms. The summed E-state index contributed by atoms with van der Waals surface area (Å²) in [6.07, 6.45) is -0.872. The Balaban J connectivity index is 2.11. The van der Waals surface area contributed by atoms with Gasteiger partial charge in [0.25, 0.3) is 5.91 Å². The number of β-amino-alcohol motifs (C(OH)–C–C–N with tert-alkyl or cyclic N) is 1. The Kier molecular flexibility index (Phi) is 4.59. The first-order chi connectivity index (χ1) is 10.1. The number of aromatic nitrogens is 1. The molecule has 1 aliphatic heterocycles. The summed E-state index contributed by atoms with van der Waals surface area (Å²) in [5.74, 6) is -0.546. The van der Waals surface area contributed by atoms with Crippen LogP contribution in [0.15, 0.2) is 4.42 Å². The SMILES string of the molecule is Cc1nc(C)c(C(=O)N2C[C@@H](CS(=O)(=O)N(C)C)[C@@H](O)C2)o1. The summed E-state index contributed by atoms with van der Waals surface area (Å²) in [5.41, 5.74) is 0.487. The van der Waals surface area contributed by atoms with E-state index in [4.69, 9.17) is 4.42 Å². The molecule has 0 bridgehead atoms. The summed E-state index contributed by atoms with van der Waals surface area (Å²) in [6.45, 7) is 3.58. The highest BCUT2D eigenvalue weighted by atomic mass is 32.2. The lowest BCUT2D eigenvalue weighted by Crippen LogP contribution is -2.33. The van der Waals surface area contributed by atoms with Crippen LogP contribution in [-0.2, 0) is 10.0 Å². The Labute approximate surface area is 129 Å². The number of nitrogens with zero attached hydrogens (tertiary/aromatic N) is 3. The summed E-state index contributed by atoms with van der Waals surface area (Å²) in [7, 11) is -0.543. The lowest BCUT2D eigenvalue weighted by molar-refractivity contribution is 0.0731. The smallest absolute Gasteiger partial charge is 0.291 e. The van der Waals surface area contributed by atoms with E-state index < -0.39 is 22.0 Å². The molecule has 1 aromatic heterocycles. The second kappa shape index (κ2) is 5.98. The molecule has 0 saturated carbocycles. The zero-order chi connectivity index (χ0) is 16.7. The zero-order valence-electron chi connectivity index (χ0n) is 13.1. The van der Waals surface area contributed by atoms with Crippen molar-refractivity contribution in [3.05, 3.63) is 17.3 Å². The van der Waals surface area contributed by atoms with Crippen LogP contribution in [0.25, 0.3) is 0 Å². The minimum atomic E-state index is -3.43. The first-order valence-corrected chi connectivity index (χ1v) is 8.54. The largest absolute Gasteiger partial charge is 0.436 e. The molecule has 1 aliphatic rings. The first-order valence-electron chi connectivity index (χ1n) is 6.93. The average Bonchev–Trinajstić information content (AvgIpc) is 2.91. The lowest BCUT2D eigenvalue weighted by atomic mass is 10.1. The van der Waals surface area contributed by atoms with E-state index in [2.05, 4.69) is 4.98 Å². The van der Waals surface area contributed by atoms with Gasteiger partial charge in [0.1, 0.15) is 0 Å². The molecule has 9 heteroatoms. The zero-order valence-corrected chi connectivity index (χ0v) is 13.9. The number of aliphatic hydroxyl groups is 1. The van der Waals surface area contributed by atoms with E-state index in [9.17, 15) is 18.3 Å². The van der Waals surface area contributed by atoms with Crippen molar-refractivity contribution < 1.29 is 22.7 Å². The number of amides is 1. The molecule has 0 aromatic carbocycles. The number of carbonyl (C=O) groups is 1. The summed E-state index contributed by atoms with van der Waals surface area (Å²) in [5, 5.41) is 10.1.